The Morgan fingerprint density at radius 1 is 0.840 bits per heavy atom. The lowest BCUT2D eigenvalue weighted by atomic mass is 10.1. The van der Waals surface area contributed by atoms with Crippen molar-refractivity contribution in [2.45, 2.75) is 0 Å². The number of aromatic nitrogens is 2. The van der Waals surface area contributed by atoms with E-state index in [-0.39, 0.29) is 5.91 Å². The van der Waals surface area contributed by atoms with Gasteiger partial charge >= 0.3 is 0 Å². The van der Waals surface area contributed by atoms with E-state index in [1.54, 1.807) is 31.4 Å². The molecule has 0 spiro atoms. The summed E-state index contributed by atoms with van der Waals surface area (Å²) < 4.78 is 5.26. The molecule has 122 valence electrons. The summed E-state index contributed by atoms with van der Waals surface area (Å²) >= 11 is 0. The summed E-state index contributed by atoms with van der Waals surface area (Å²) in [4.78, 5) is 21.7. The maximum atomic E-state index is 12.6. The van der Waals surface area contributed by atoms with Crippen LogP contribution in [0.4, 0.5) is 5.69 Å². The number of anilines is 1. The second-order valence-electron chi connectivity index (χ2n) is 5.57. The number of ether oxygens (including phenoxy) is 1. The SMILES string of the molecule is COc1ccccc1NC(=O)c1ccc2nc3ccccc3nc2c1. The first kappa shape index (κ1) is 15.1. The van der Waals surface area contributed by atoms with E-state index in [2.05, 4.69) is 15.3 Å². The molecule has 0 aliphatic rings. The fraction of sp³-hybridized carbons (Fsp3) is 0.0500. The lowest BCUT2D eigenvalue weighted by Gasteiger charge is -2.10. The summed E-state index contributed by atoms with van der Waals surface area (Å²) in [5.41, 5.74) is 4.22. The van der Waals surface area contributed by atoms with E-state index in [4.69, 9.17) is 4.74 Å². The van der Waals surface area contributed by atoms with E-state index in [1.807, 2.05) is 42.5 Å². The van der Waals surface area contributed by atoms with Gasteiger partial charge in [0.1, 0.15) is 5.75 Å². The third-order valence-corrected chi connectivity index (χ3v) is 3.96. The van der Waals surface area contributed by atoms with Crippen LogP contribution in [0.5, 0.6) is 5.75 Å². The Hall–Kier alpha value is -3.47. The van der Waals surface area contributed by atoms with E-state index in [0.29, 0.717) is 22.5 Å². The molecule has 4 rings (SSSR count). The number of methoxy groups -OCH3 is 1. The van der Waals surface area contributed by atoms with E-state index in [1.165, 1.54) is 0 Å². The van der Waals surface area contributed by atoms with E-state index >= 15 is 0 Å². The Morgan fingerprint density at radius 3 is 2.24 bits per heavy atom. The highest BCUT2D eigenvalue weighted by atomic mass is 16.5. The molecular formula is C20H15N3O2. The molecule has 5 nitrogen and oxygen atoms in total. The van der Waals surface area contributed by atoms with Crippen molar-refractivity contribution >= 4 is 33.7 Å². The number of para-hydroxylation sites is 4. The summed E-state index contributed by atoms with van der Waals surface area (Å²) in [6.07, 6.45) is 0. The molecule has 0 fully saturated rings. The average Bonchev–Trinajstić information content (AvgIpc) is 2.66. The second kappa shape index (κ2) is 6.20. The van der Waals surface area contributed by atoms with Crippen molar-refractivity contribution in [1.82, 2.24) is 9.97 Å². The Balaban J connectivity index is 1.71. The summed E-state index contributed by atoms with van der Waals surface area (Å²) in [6, 6.07) is 20.3. The molecule has 25 heavy (non-hydrogen) atoms. The first-order valence-electron chi connectivity index (χ1n) is 7.85. The van der Waals surface area contributed by atoms with Crippen molar-refractivity contribution < 1.29 is 9.53 Å². The zero-order valence-corrected chi connectivity index (χ0v) is 13.6. The minimum Gasteiger partial charge on any atom is -0.495 e. The number of carbonyl (C=O) groups excluding carboxylic acids is 1. The number of hydrogen-bond acceptors (Lipinski definition) is 4. The van der Waals surface area contributed by atoms with Gasteiger partial charge in [-0.2, -0.15) is 0 Å². The van der Waals surface area contributed by atoms with E-state index in [0.717, 1.165) is 16.6 Å². The summed E-state index contributed by atoms with van der Waals surface area (Å²) in [5.74, 6) is 0.392. The van der Waals surface area contributed by atoms with Gasteiger partial charge in [-0.1, -0.05) is 24.3 Å². The minimum atomic E-state index is -0.221. The smallest absolute Gasteiger partial charge is 0.255 e. The second-order valence-corrected chi connectivity index (χ2v) is 5.57. The molecule has 0 bridgehead atoms. The number of nitrogens with one attached hydrogen (secondary N) is 1. The molecular weight excluding hydrogens is 314 g/mol. The largest absolute Gasteiger partial charge is 0.495 e. The van der Waals surface area contributed by atoms with Crippen LogP contribution in [0.2, 0.25) is 0 Å². The van der Waals surface area contributed by atoms with Crippen LogP contribution in [0, 0.1) is 0 Å². The number of carbonyl (C=O) groups is 1. The van der Waals surface area contributed by atoms with Crippen LogP contribution in [-0.4, -0.2) is 23.0 Å². The van der Waals surface area contributed by atoms with Crippen molar-refractivity contribution in [3.63, 3.8) is 0 Å². The molecule has 0 aliphatic heterocycles. The van der Waals surface area contributed by atoms with E-state index < -0.39 is 0 Å². The molecule has 1 heterocycles. The van der Waals surface area contributed by atoms with Gasteiger partial charge in [-0.05, 0) is 42.5 Å². The average molecular weight is 329 g/mol. The fourth-order valence-corrected chi connectivity index (χ4v) is 2.70. The number of fused-ring (bicyclic) bond motifs is 2. The third kappa shape index (κ3) is 2.87. The highest BCUT2D eigenvalue weighted by Crippen LogP contribution is 2.24. The van der Waals surface area contributed by atoms with Crippen LogP contribution >= 0.6 is 0 Å². The zero-order valence-electron chi connectivity index (χ0n) is 13.6. The van der Waals surface area contributed by atoms with Gasteiger partial charge in [-0.15, -0.1) is 0 Å². The molecule has 0 saturated carbocycles. The maximum absolute atomic E-state index is 12.6. The van der Waals surface area contributed by atoms with Crippen LogP contribution < -0.4 is 10.1 Å². The lowest BCUT2D eigenvalue weighted by Crippen LogP contribution is -2.12. The van der Waals surface area contributed by atoms with Gasteiger partial charge in [0.25, 0.3) is 5.91 Å². The number of benzene rings is 3. The Labute approximate surface area is 144 Å². The molecule has 0 atom stereocenters. The van der Waals surface area contributed by atoms with Crippen molar-refractivity contribution in [3.8, 4) is 5.75 Å². The zero-order chi connectivity index (χ0) is 17.2. The molecule has 0 radical (unpaired) electrons. The highest BCUT2D eigenvalue weighted by molar-refractivity contribution is 6.06. The Bertz CT molecular complexity index is 1090. The summed E-state index contributed by atoms with van der Waals surface area (Å²) in [5, 5.41) is 2.87. The third-order valence-electron chi connectivity index (χ3n) is 3.96. The van der Waals surface area contributed by atoms with Gasteiger partial charge in [0, 0.05) is 5.56 Å². The van der Waals surface area contributed by atoms with Crippen LogP contribution in [0.1, 0.15) is 10.4 Å². The molecule has 0 saturated heterocycles. The van der Waals surface area contributed by atoms with Crippen LogP contribution in [0.25, 0.3) is 22.1 Å². The number of hydrogen-bond donors (Lipinski definition) is 1. The first-order chi connectivity index (χ1) is 12.2. The Morgan fingerprint density at radius 2 is 1.48 bits per heavy atom. The molecule has 3 aromatic carbocycles. The van der Waals surface area contributed by atoms with Gasteiger partial charge in [0.2, 0.25) is 0 Å². The quantitative estimate of drug-likeness (QED) is 0.576. The van der Waals surface area contributed by atoms with Gasteiger partial charge in [-0.25, -0.2) is 9.97 Å². The summed E-state index contributed by atoms with van der Waals surface area (Å²) in [7, 11) is 1.57. The molecule has 0 unspecified atom stereocenters. The van der Waals surface area contributed by atoms with Crippen molar-refractivity contribution in [2.75, 3.05) is 12.4 Å². The van der Waals surface area contributed by atoms with Gasteiger partial charge < -0.3 is 10.1 Å². The van der Waals surface area contributed by atoms with Crippen molar-refractivity contribution in [2.24, 2.45) is 0 Å². The topological polar surface area (TPSA) is 64.1 Å². The molecule has 5 heteroatoms. The molecule has 0 aliphatic carbocycles. The maximum Gasteiger partial charge on any atom is 0.255 e. The molecule has 1 N–H and O–H groups in total. The monoisotopic (exact) mass is 329 g/mol. The van der Waals surface area contributed by atoms with Gasteiger partial charge in [0.15, 0.2) is 0 Å². The standard InChI is InChI=1S/C20H15N3O2/c1-25-19-9-5-4-8-17(19)23-20(24)13-10-11-16-18(12-13)22-15-7-3-2-6-14(15)21-16/h2-12H,1H3,(H,23,24). The summed E-state index contributed by atoms with van der Waals surface area (Å²) in [6.45, 7) is 0. The minimum absolute atomic E-state index is 0.221. The highest BCUT2D eigenvalue weighted by Gasteiger charge is 2.11. The van der Waals surface area contributed by atoms with Crippen LogP contribution in [0.15, 0.2) is 66.7 Å². The molecule has 1 aromatic heterocycles. The predicted octanol–water partition coefficient (Wildman–Crippen LogP) is 4.04. The predicted molar refractivity (Wildman–Crippen MR) is 98.0 cm³/mol. The Kier molecular flexibility index (Phi) is 3.74. The molecule has 4 aromatic rings. The normalized spacial score (nSPS) is 10.8. The van der Waals surface area contributed by atoms with Crippen molar-refractivity contribution in [1.29, 1.82) is 0 Å². The van der Waals surface area contributed by atoms with Gasteiger partial charge in [-0.3, -0.25) is 4.79 Å². The fourth-order valence-electron chi connectivity index (χ4n) is 2.70. The van der Waals surface area contributed by atoms with Crippen LogP contribution in [-0.2, 0) is 0 Å². The number of nitrogens with zero attached hydrogens (tertiary/aromatic N) is 2. The van der Waals surface area contributed by atoms with Gasteiger partial charge in [0.05, 0.1) is 34.9 Å². The molecule has 1 amide bonds. The number of rotatable bonds is 3. The van der Waals surface area contributed by atoms with Crippen LogP contribution in [0.3, 0.4) is 0 Å². The van der Waals surface area contributed by atoms with Crippen molar-refractivity contribution in [3.05, 3.63) is 72.3 Å². The van der Waals surface area contributed by atoms with E-state index in [9.17, 15) is 4.79 Å². The lowest BCUT2D eigenvalue weighted by molar-refractivity contribution is 0.102. The first-order valence-corrected chi connectivity index (χ1v) is 7.85. The number of amides is 1.